The van der Waals surface area contributed by atoms with Gasteiger partial charge in [0.25, 0.3) is 0 Å². The second-order valence-electron chi connectivity index (χ2n) is 6.82. The molecule has 7 heteroatoms. The average molecular weight is 380 g/mol. The van der Waals surface area contributed by atoms with Gasteiger partial charge in [-0.15, -0.1) is 0 Å². The molecular weight excluding hydrogens is 362 g/mol. The molecule has 5 nitrogen and oxygen atoms in total. The molecule has 0 bridgehead atoms. The summed E-state index contributed by atoms with van der Waals surface area (Å²) in [6.45, 7) is 2.46. The second kappa shape index (κ2) is 6.92. The van der Waals surface area contributed by atoms with E-state index in [2.05, 4.69) is 10.3 Å². The lowest BCUT2D eigenvalue weighted by atomic mass is 10.0. The quantitative estimate of drug-likeness (QED) is 0.645. The Kier molecular flexibility index (Phi) is 4.43. The van der Waals surface area contributed by atoms with Crippen molar-refractivity contribution in [1.29, 1.82) is 0 Å². The number of aryl methyl sites for hydroxylation is 1. The number of fused-ring (bicyclic) bond motifs is 1. The Morgan fingerprint density at radius 3 is 2.64 bits per heavy atom. The largest absolute Gasteiger partial charge is 0.397 e. The predicted molar refractivity (Wildman–Crippen MR) is 103 cm³/mol. The van der Waals surface area contributed by atoms with Crippen molar-refractivity contribution in [3.8, 4) is 11.1 Å². The zero-order chi connectivity index (χ0) is 19.8. The van der Waals surface area contributed by atoms with E-state index < -0.39 is 11.6 Å². The minimum Gasteiger partial charge on any atom is -0.397 e. The summed E-state index contributed by atoms with van der Waals surface area (Å²) < 4.78 is 27.3. The molecule has 0 atom stereocenters. The number of hydrogen-bond donors (Lipinski definition) is 2. The third-order valence-corrected chi connectivity index (χ3v) is 4.85. The van der Waals surface area contributed by atoms with Crippen molar-refractivity contribution < 1.29 is 13.6 Å². The highest BCUT2D eigenvalue weighted by atomic mass is 19.2. The van der Waals surface area contributed by atoms with Crippen molar-refractivity contribution in [1.82, 2.24) is 9.88 Å². The second-order valence-corrected chi connectivity index (χ2v) is 6.82. The number of carbonyl (C=O) groups is 1. The molecule has 2 heterocycles. The Morgan fingerprint density at radius 1 is 1.11 bits per heavy atom. The number of amides is 2. The highest BCUT2D eigenvalue weighted by Gasteiger charge is 2.23. The number of benzene rings is 2. The summed E-state index contributed by atoms with van der Waals surface area (Å²) in [6.07, 6.45) is 3.45. The molecule has 1 aliphatic rings. The van der Waals surface area contributed by atoms with Gasteiger partial charge in [0, 0.05) is 25.5 Å². The summed E-state index contributed by atoms with van der Waals surface area (Å²) in [4.78, 5) is 18.4. The molecule has 3 aromatic rings. The third-order valence-electron chi connectivity index (χ3n) is 4.85. The Balaban J connectivity index is 1.58. The number of rotatable bonds is 2. The number of carbonyl (C=O) groups excluding carboxylic acids is 1. The molecule has 0 saturated heterocycles. The molecular formula is C21H18F2N4O. The molecule has 2 amide bonds. The number of nitrogens with zero attached hydrogens (tertiary/aromatic N) is 2. The van der Waals surface area contributed by atoms with Crippen LogP contribution in [0.2, 0.25) is 0 Å². The highest BCUT2D eigenvalue weighted by molar-refractivity contribution is 5.94. The van der Waals surface area contributed by atoms with Gasteiger partial charge in [0.1, 0.15) is 0 Å². The van der Waals surface area contributed by atoms with Crippen molar-refractivity contribution in [2.24, 2.45) is 0 Å². The number of aromatic nitrogens is 1. The minimum atomic E-state index is -0.916. The molecule has 1 aliphatic heterocycles. The van der Waals surface area contributed by atoms with E-state index in [4.69, 9.17) is 5.73 Å². The summed E-state index contributed by atoms with van der Waals surface area (Å²) in [5, 5.41) is 2.81. The van der Waals surface area contributed by atoms with Crippen molar-refractivity contribution >= 4 is 17.4 Å². The number of pyridine rings is 1. The van der Waals surface area contributed by atoms with E-state index in [1.807, 2.05) is 6.07 Å². The molecule has 0 spiro atoms. The summed E-state index contributed by atoms with van der Waals surface area (Å²) in [7, 11) is 0. The van der Waals surface area contributed by atoms with Crippen LogP contribution in [0, 0.1) is 18.6 Å². The van der Waals surface area contributed by atoms with Crippen LogP contribution in [0.4, 0.5) is 25.0 Å². The normalized spacial score (nSPS) is 12.8. The predicted octanol–water partition coefficient (Wildman–Crippen LogP) is 4.47. The van der Waals surface area contributed by atoms with Crippen molar-refractivity contribution in [3.63, 3.8) is 0 Å². The fraction of sp³-hybridized carbons (Fsp3) is 0.143. The number of halogens is 2. The molecule has 142 valence electrons. The molecule has 28 heavy (non-hydrogen) atoms. The lowest BCUT2D eigenvalue weighted by Crippen LogP contribution is -2.30. The van der Waals surface area contributed by atoms with Crippen LogP contribution in [0.1, 0.15) is 16.7 Å². The van der Waals surface area contributed by atoms with Gasteiger partial charge in [-0.05, 0) is 65.1 Å². The molecule has 0 unspecified atom stereocenters. The van der Waals surface area contributed by atoms with E-state index in [-0.39, 0.29) is 11.6 Å². The zero-order valence-corrected chi connectivity index (χ0v) is 15.2. The monoisotopic (exact) mass is 380 g/mol. The van der Waals surface area contributed by atoms with Crippen LogP contribution in [0.5, 0.6) is 0 Å². The fourth-order valence-corrected chi connectivity index (χ4v) is 3.29. The van der Waals surface area contributed by atoms with Gasteiger partial charge < -0.3 is 16.0 Å². The van der Waals surface area contributed by atoms with Crippen molar-refractivity contribution in [2.45, 2.75) is 20.0 Å². The Morgan fingerprint density at radius 2 is 1.89 bits per heavy atom. The third kappa shape index (κ3) is 3.26. The Labute approximate surface area is 160 Å². The molecule has 0 aliphatic carbocycles. The van der Waals surface area contributed by atoms with Crippen LogP contribution in [0.15, 0.2) is 48.8 Å². The maximum Gasteiger partial charge on any atom is 0.322 e. The summed E-state index contributed by atoms with van der Waals surface area (Å²) >= 11 is 0. The van der Waals surface area contributed by atoms with Gasteiger partial charge in [-0.1, -0.05) is 6.07 Å². The topological polar surface area (TPSA) is 71.2 Å². The minimum absolute atomic E-state index is 0.209. The maximum absolute atomic E-state index is 13.8. The number of anilines is 2. The van der Waals surface area contributed by atoms with Crippen molar-refractivity contribution in [3.05, 3.63) is 77.1 Å². The first-order valence-electron chi connectivity index (χ1n) is 8.75. The Hall–Kier alpha value is -3.48. The molecule has 0 radical (unpaired) electrons. The van der Waals surface area contributed by atoms with Gasteiger partial charge in [-0.3, -0.25) is 4.98 Å². The fourth-order valence-electron chi connectivity index (χ4n) is 3.29. The molecule has 3 N–H and O–H groups in total. The summed E-state index contributed by atoms with van der Waals surface area (Å²) in [5.74, 6) is -1.78. The van der Waals surface area contributed by atoms with E-state index >= 15 is 0 Å². The standard InChI is InChI=1S/C21H18F2N4O/c1-12-6-15(7-17(22)20(12)23)13-2-3-18(24)19(8-13)26-21(28)27-10-14-4-5-25-9-16(14)11-27/h2-9H,10-11,24H2,1H3,(H,26,28). The van der Waals surface area contributed by atoms with E-state index in [9.17, 15) is 13.6 Å². The highest BCUT2D eigenvalue weighted by Crippen LogP contribution is 2.30. The van der Waals surface area contributed by atoms with Crippen LogP contribution < -0.4 is 11.1 Å². The Bertz CT molecular complexity index is 1040. The van der Waals surface area contributed by atoms with Gasteiger partial charge in [-0.25, -0.2) is 13.6 Å². The van der Waals surface area contributed by atoms with E-state index in [1.165, 1.54) is 6.92 Å². The molecule has 2 aromatic carbocycles. The molecule has 0 fully saturated rings. The van der Waals surface area contributed by atoms with Crippen LogP contribution in [0.25, 0.3) is 11.1 Å². The molecule has 4 rings (SSSR count). The SMILES string of the molecule is Cc1cc(-c2ccc(N)c(NC(=O)N3Cc4ccncc4C3)c2)cc(F)c1F. The number of nitrogens with one attached hydrogen (secondary N) is 1. The van der Waals surface area contributed by atoms with E-state index in [0.717, 1.165) is 17.2 Å². The molecule has 0 saturated carbocycles. The first kappa shape index (κ1) is 17.9. The van der Waals surface area contributed by atoms with Gasteiger partial charge in [0.15, 0.2) is 11.6 Å². The van der Waals surface area contributed by atoms with Crippen LogP contribution >= 0.6 is 0 Å². The number of nitrogen functional groups attached to an aromatic ring is 1. The molecule has 1 aromatic heterocycles. The van der Waals surface area contributed by atoms with Crippen LogP contribution in [-0.4, -0.2) is 15.9 Å². The van der Waals surface area contributed by atoms with Gasteiger partial charge in [-0.2, -0.15) is 0 Å². The van der Waals surface area contributed by atoms with Crippen LogP contribution in [0.3, 0.4) is 0 Å². The maximum atomic E-state index is 13.8. The lowest BCUT2D eigenvalue weighted by molar-refractivity contribution is 0.212. The summed E-state index contributed by atoms with van der Waals surface area (Å²) in [6, 6.07) is 9.27. The number of urea groups is 1. The summed E-state index contributed by atoms with van der Waals surface area (Å²) in [5.41, 5.74) is 10.2. The van der Waals surface area contributed by atoms with Gasteiger partial charge >= 0.3 is 6.03 Å². The van der Waals surface area contributed by atoms with Crippen LogP contribution in [-0.2, 0) is 13.1 Å². The van der Waals surface area contributed by atoms with E-state index in [0.29, 0.717) is 35.6 Å². The number of nitrogens with two attached hydrogens (primary N) is 1. The smallest absolute Gasteiger partial charge is 0.322 e. The van der Waals surface area contributed by atoms with E-state index in [1.54, 1.807) is 41.6 Å². The zero-order valence-electron chi connectivity index (χ0n) is 15.2. The van der Waals surface area contributed by atoms with Crippen molar-refractivity contribution in [2.75, 3.05) is 11.1 Å². The first-order valence-corrected chi connectivity index (χ1v) is 8.75. The first-order chi connectivity index (χ1) is 13.4. The lowest BCUT2D eigenvalue weighted by Gasteiger charge is -2.18. The number of hydrogen-bond acceptors (Lipinski definition) is 3. The average Bonchev–Trinajstić information content (AvgIpc) is 3.12. The van der Waals surface area contributed by atoms with Gasteiger partial charge in [0.2, 0.25) is 0 Å². The van der Waals surface area contributed by atoms with Gasteiger partial charge in [0.05, 0.1) is 11.4 Å².